The quantitative estimate of drug-likeness (QED) is 0.859. The van der Waals surface area contributed by atoms with Crippen LogP contribution < -0.4 is 10.6 Å². The van der Waals surface area contributed by atoms with E-state index in [9.17, 15) is 9.59 Å². The normalized spacial score (nSPS) is 13.6. The van der Waals surface area contributed by atoms with Gasteiger partial charge >= 0.3 is 0 Å². The van der Waals surface area contributed by atoms with Crippen LogP contribution >= 0.6 is 11.3 Å². The second-order valence-electron chi connectivity index (χ2n) is 5.35. The first-order chi connectivity index (χ1) is 10.7. The summed E-state index contributed by atoms with van der Waals surface area (Å²) in [5, 5.41) is 8.04. The largest absolute Gasteiger partial charge is 0.352 e. The van der Waals surface area contributed by atoms with Crippen LogP contribution in [0.15, 0.2) is 35.7 Å². The number of nitrogens with one attached hydrogen (secondary N) is 2. The lowest BCUT2D eigenvalue weighted by Gasteiger charge is -2.04. The molecular formula is C16H17N3O2S. The summed E-state index contributed by atoms with van der Waals surface area (Å²) in [4.78, 5) is 27.8. The fourth-order valence-corrected chi connectivity index (χ4v) is 2.74. The number of aromatic nitrogens is 1. The second kappa shape index (κ2) is 6.70. The van der Waals surface area contributed by atoms with E-state index in [1.165, 1.54) is 11.3 Å². The van der Waals surface area contributed by atoms with Crippen molar-refractivity contribution in [3.05, 3.63) is 47.0 Å². The first kappa shape index (κ1) is 14.7. The highest BCUT2D eigenvalue weighted by Crippen LogP contribution is 2.30. The maximum atomic E-state index is 11.9. The van der Waals surface area contributed by atoms with Crippen molar-refractivity contribution in [1.82, 2.24) is 10.3 Å². The molecule has 22 heavy (non-hydrogen) atoms. The van der Waals surface area contributed by atoms with E-state index in [4.69, 9.17) is 0 Å². The van der Waals surface area contributed by atoms with E-state index in [1.807, 2.05) is 35.7 Å². The van der Waals surface area contributed by atoms with E-state index in [2.05, 4.69) is 15.6 Å². The monoisotopic (exact) mass is 315 g/mol. The molecule has 3 rings (SSSR count). The molecular weight excluding hydrogens is 298 g/mol. The van der Waals surface area contributed by atoms with E-state index in [1.54, 1.807) is 0 Å². The van der Waals surface area contributed by atoms with Crippen LogP contribution in [0.1, 0.15) is 24.1 Å². The van der Waals surface area contributed by atoms with Gasteiger partial charge in [0.25, 0.3) is 0 Å². The number of benzene rings is 1. The molecule has 114 valence electrons. The fourth-order valence-electron chi connectivity index (χ4n) is 2.02. The Kier molecular flexibility index (Phi) is 4.48. The number of thiazole rings is 1. The Balaban J connectivity index is 1.47. The number of anilines is 1. The lowest BCUT2D eigenvalue weighted by Crippen LogP contribution is -2.24. The van der Waals surface area contributed by atoms with Crippen molar-refractivity contribution in [3.8, 4) is 0 Å². The molecule has 2 aromatic rings. The van der Waals surface area contributed by atoms with Gasteiger partial charge in [-0.3, -0.25) is 9.59 Å². The van der Waals surface area contributed by atoms with Crippen molar-refractivity contribution in [1.29, 1.82) is 0 Å². The molecule has 1 aliphatic carbocycles. The van der Waals surface area contributed by atoms with E-state index < -0.39 is 0 Å². The minimum atomic E-state index is -0.0748. The van der Waals surface area contributed by atoms with Crippen LogP contribution in [0.4, 0.5) is 5.13 Å². The molecule has 0 unspecified atom stereocenters. The van der Waals surface area contributed by atoms with Crippen LogP contribution in [0.3, 0.4) is 0 Å². The Morgan fingerprint density at radius 1 is 1.23 bits per heavy atom. The average Bonchev–Trinajstić information content (AvgIpc) is 3.29. The van der Waals surface area contributed by atoms with Crippen LogP contribution in [0, 0.1) is 5.92 Å². The second-order valence-corrected chi connectivity index (χ2v) is 6.20. The Morgan fingerprint density at radius 3 is 2.73 bits per heavy atom. The van der Waals surface area contributed by atoms with Crippen molar-refractivity contribution < 1.29 is 9.59 Å². The highest BCUT2D eigenvalue weighted by molar-refractivity contribution is 7.13. The Morgan fingerprint density at radius 2 is 2.00 bits per heavy atom. The maximum Gasteiger partial charge on any atom is 0.229 e. The third kappa shape index (κ3) is 4.14. The first-order valence-corrected chi connectivity index (χ1v) is 8.14. The highest BCUT2D eigenvalue weighted by atomic mass is 32.1. The Labute approximate surface area is 132 Å². The summed E-state index contributed by atoms with van der Waals surface area (Å²) < 4.78 is 0. The van der Waals surface area contributed by atoms with Crippen molar-refractivity contribution in [3.63, 3.8) is 0 Å². The summed E-state index contributed by atoms with van der Waals surface area (Å²) in [6, 6.07) is 9.76. The van der Waals surface area contributed by atoms with E-state index in [0.717, 1.165) is 18.4 Å². The lowest BCUT2D eigenvalue weighted by molar-refractivity contribution is -0.120. The molecule has 0 spiro atoms. The number of rotatable bonds is 6. The number of nitrogens with zero attached hydrogens (tertiary/aromatic N) is 1. The zero-order chi connectivity index (χ0) is 15.4. The third-order valence-electron chi connectivity index (χ3n) is 3.40. The van der Waals surface area contributed by atoms with Gasteiger partial charge < -0.3 is 10.6 Å². The molecule has 6 heteroatoms. The zero-order valence-corrected chi connectivity index (χ0v) is 12.9. The molecule has 2 N–H and O–H groups in total. The molecule has 1 saturated carbocycles. The molecule has 2 amide bonds. The molecule has 1 aromatic carbocycles. The predicted molar refractivity (Wildman–Crippen MR) is 85.5 cm³/mol. The molecule has 1 aliphatic rings. The van der Waals surface area contributed by atoms with Crippen molar-refractivity contribution in [2.24, 2.45) is 5.92 Å². The van der Waals surface area contributed by atoms with Crippen molar-refractivity contribution >= 4 is 28.3 Å². The molecule has 0 bridgehead atoms. The van der Waals surface area contributed by atoms with Crippen molar-refractivity contribution in [2.75, 3.05) is 5.32 Å². The third-order valence-corrected chi connectivity index (χ3v) is 4.21. The Bertz CT molecular complexity index is 665. The smallest absolute Gasteiger partial charge is 0.229 e. The molecule has 0 saturated heterocycles. The molecule has 1 heterocycles. The summed E-state index contributed by atoms with van der Waals surface area (Å²) >= 11 is 1.36. The molecule has 1 fully saturated rings. The van der Waals surface area contributed by atoms with Gasteiger partial charge in [0.15, 0.2) is 5.13 Å². The summed E-state index contributed by atoms with van der Waals surface area (Å²) in [6.07, 6.45) is 2.15. The lowest BCUT2D eigenvalue weighted by atomic mass is 10.2. The van der Waals surface area contributed by atoms with Gasteiger partial charge in [0.1, 0.15) is 0 Å². The number of hydrogen-bond donors (Lipinski definition) is 2. The molecule has 0 atom stereocenters. The van der Waals surface area contributed by atoms with Crippen LogP contribution in [-0.4, -0.2) is 16.8 Å². The minimum Gasteiger partial charge on any atom is -0.352 e. The van der Waals surface area contributed by atoms with Crippen LogP contribution in [0.5, 0.6) is 0 Å². The SMILES string of the molecule is O=C(Cc1csc(NC(=O)C2CC2)n1)NCc1ccccc1. The minimum absolute atomic E-state index is 0.0365. The van der Waals surface area contributed by atoms with E-state index in [-0.39, 0.29) is 24.2 Å². The molecule has 1 aromatic heterocycles. The number of carbonyl (C=O) groups is 2. The van der Waals surface area contributed by atoms with Gasteiger partial charge in [0, 0.05) is 17.8 Å². The molecule has 0 radical (unpaired) electrons. The van der Waals surface area contributed by atoms with Gasteiger partial charge in [-0.05, 0) is 18.4 Å². The summed E-state index contributed by atoms with van der Waals surface area (Å²) in [5.41, 5.74) is 1.74. The zero-order valence-electron chi connectivity index (χ0n) is 12.0. The van der Waals surface area contributed by atoms with Crippen LogP contribution in [-0.2, 0) is 22.6 Å². The average molecular weight is 315 g/mol. The molecule has 5 nitrogen and oxygen atoms in total. The van der Waals surface area contributed by atoms with E-state index in [0.29, 0.717) is 17.4 Å². The van der Waals surface area contributed by atoms with Crippen molar-refractivity contribution in [2.45, 2.75) is 25.8 Å². The predicted octanol–water partition coefficient (Wildman–Crippen LogP) is 2.35. The van der Waals surface area contributed by atoms with Gasteiger partial charge in [0.2, 0.25) is 11.8 Å². The van der Waals surface area contributed by atoms with Gasteiger partial charge in [-0.1, -0.05) is 30.3 Å². The van der Waals surface area contributed by atoms with Gasteiger partial charge in [-0.2, -0.15) is 0 Å². The highest BCUT2D eigenvalue weighted by Gasteiger charge is 2.30. The number of amides is 2. The molecule has 0 aliphatic heterocycles. The van der Waals surface area contributed by atoms with Gasteiger partial charge in [-0.25, -0.2) is 4.98 Å². The van der Waals surface area contributed by atoms with Crippen LogP contribution in [0.2, 0.25) is 0 Å². The number of hydrogen-bond acceptors (Lipinski definition) is 4. The maximum absolute atomic E-state index is 11.9. The summed E-state index contributed by atoms with van der Waals surface area (Å²) in [6.45, 7) is 0.509. The fraction of sp³-hybridized carbons (Fsp3) is 0.312. The summed E-state index contributed by atoms with van der Waals surface area (Å²) in [7, 11) is 0. The number of carbonyl (C=O) groups excluding carboxylic acids is 2. The topological polar surface area (TPSA) is 71.1 Å². The first-order valence-electron chi connectivity index (χ1n) is 7.26. The Hall–Kier alpha value is -2.21. The van der Waals surface area contributed by atoms with E-state index >= 15 is 0 Å². The van der Waals surface area contributed by atoms with Gasteiger partial charge in [-0.15, -0.1) is 11.3 Å². The summed E-state index contributed by atoms with van der Waals surface area (Å²) in [5.74, 6) is 0.116. The van der Waals surface area contributed by atoms with Gasteiger partial charge in [0.05, 0.1) is 12.1 Å². The standard InChI is InChI=1S/C16H17N3O2S/c20-14(17-9-11-4-2-1-3-5-11)8-13-10-22-16(18-13)19-15(21)12-6-7-12/h1-5,10,12H,6-9H2,(H,17,20)(H,18,19,21). The van der Waals surface area contributed by atoms with Crippen LogP contribution in [0.25, 0.3) is 0 Å².